The summed E-state index contributed by atoms with van der Waals surface area (Å²) in [6.45, 7) is 41.0. The van der Waals surface area contributed by atoms with E-state index in [1.165, 1.54) is 33.4 Å². The lowest BCUT2D eigenvalue weighted by Crippen LogP contribution is -2.19. The van der Waals surface area contributed by atoms with Gasteiger partial charge in [0.05, 0.1) is 22.1 Å². The lowest BCUT2D eigenvalue weighted by atomic mass is 9.86. The molecule has 0 radical (unpaired) electrons. The van der Waals surface area contributed by atoms with Crippen LogP contribution in [0.3, 0.4) is 0 Å². The van der Waals surface area contributed by atoms with Crippen molar-refractivity contribution in [2.45, 2.75) is 157 Å². The second-order valence-electron chi connectivity index (χ2n) is 25.6. The Bertz CT molecular complexity index is 2700. The number of nitrogens with zero attached hydrogens (tertiary/aromatic N) is 3. The lowest BCUT2D eigenvalue weighted by molar-refractivity contribution is 0.589. The zero-order valence-electron chi connectivity index (χ0n) is 45.7. The highest BCUT2D eigenvalue weighted by molar-refractivity contribution is 6.37. The highest BCUT2D eigenvalue weighted by Gasteiger charge is 2.29. The van der Waals surface area contributed by atoms with Crippen LogP contribution >= 0.6 is 11.6 Å². The average molecular weight is 951 g/mol. The van der Waals surface area contributed by atoms with Gasteiger partial charge in [0.1, 0.15) is 0 Å². The van der Waals surface area contributed by atoms with Crippen molar-refractivity contribution < 1.29 is 0 Å². The molecule has 0 amide bonds. The zero-order valence-corrected chi connectivity index (χ0v) is 46.5. The smallest absolute Gasteiger partial charge is 0.0888 e. The van der Waals surface area contributed by atoms with Gasteiger partial charge in [0.25, 0.3) is 0 Å². The minimum absolute atomic E-state index is 0.00636. The Morgan fingerprint density at radius 2 is 0.486 bits per heavy atom. The molecule has 7 aromatic rings. The predicted octanol–water partition coefficient (Wildman–Crippen LogP) is 20.5. The molecule has 0 aliphatic rings. The number of hydrogen-bond acceptors (Lipinski definition) is 3. The second kappa shape index (κ2) is 19.1. The van der Waals surface area contributed by atoms with Gasteiger partial charge in [-0.15, -0.1) is 0 Å². The topological polar surface area (TPSA) is 9.72 Å². The van der Waals surface area contributed by atoms with Crippen LogP contribution in [0.25, 0.3) is 0 Å². The Morgan fingerprint density at radius 3 is 0.729 bits per heavy atom. The normalized spacial score (nSPS) is 12.8. The molecule has 0 saturated carbocycles. The first kappa shape index (κ1) is 52.1. The summed E-state index contributed by atoms with van der Waals surface area (Å²) in [5.74, 6) is 0. The summed E-state index contributed by atoms with van der Waals surface area (Å²) in [6.07, 6.45) is 0. The van der Waals surface area contributed by atoms with Crippen LogP contribution in [0, 0.1) is 0 Å². The summed E-state index contributed by atoms with van der Waals surface area (Å²) >= 11 is 8.27. The van der Waals surface area contributed by atoms with E-state index in [0.717, 1.165) is 51.2 Å². The summed E-state index contributed by atoms with van der Waals surface area (Å²) < 4.78 is 0. The van der Waals surface area contributed by atoms with E-state index in [4.69, 9.17) is 11.6 Å². The molecular weight excluding hydrogens is 870 g/mol. The molecule has 0 aliphatic heterocycles. The molecule has 366 valence electrons. The average Bonchev–Trinajstić information content (AvgIpc) is 3.27. The minimum Gasteiger partial charge on any atom is -0.310 e. The van der Waals surface area contributed by atoms with Crippen molar-refractivity contribution >= 4 is 62.8 Å². The quantitative estimate of drug-likeness (QED) is 0.143. The van der Waals surface area contributed by atoms with Crippen molar-refractivity contribution in [2.75, 3.05) is 14.7 Å². The summed E-state index contributed by atoms with van der Waals surface area (Å²) in [5, 5.41) is 0.636. The number of benzene rings is 7. The molecule has 0 unspecified atom stereocenters. The van der Waals surface area contributed by atoms with Crippen LogP contribution in [0.1, 0.15) is 158 Å². The fraction of sp³-hybridized carbons (Fsp3) is 0.364. The molecule has 7 rings (SSSR count). The summed E-state index contributed by atoms with van der Waals surface area (Å²) in [4.78, 5) is 7.14. The third-order valence-corrected chi connectivity index (χ3v) is 14.1. The number of anilines is 9. The molecule has 0 saturated heterocycles. The fourth-order valence-corrected chi connectivity index (χ4v) is 9.28. The van der Waals surface area contributed by atoms with Crippen molar-refractivity contribution in [2.24, 2.45) is 0 Å². The molecule has 0 atom stereocenters. The van der Waals surface area contributed by atoms with E-state index < -0.39 is 0 Å². The van der Waals surface area contributed by atoms with Gasteiger partial charge in [0.2, 0.25) is 0 Å². The van der Waals surface area contributed by atoms with Crippen molar-refractivity contribution in [3.8, 4) is 0 Å². The molecule has 3 nitrogen and oxygen atoms in total. The second-order valence-corrected chi connectivity index (χ2v) is 26.0. The Balaban J connectivity index is 1.64. The van der Waals surface area contributed by atoms with Crippen molar-refractivity contribution in [1.82, 2.24) is 0 Å². The SMILES string of the molecule is CC(C)(C)c1ccc(N(c2ccc(C(C)(C)C)cc2)c2cc(N(c3ccc(C(C)(C)C)cc3)c3cccc(C(C)(C)C)c3)c(Cl)c(N(c3ccc(C(C)(C)C)cc3)c3cccc(C(C)(C)C)c3)c2)cc1. The highest BCUT2D eigenvalue weighted by atomic mass is 35.5. The molecular formula is C66H80ClN3. The van der Waals surface area contributed by atoms with E-state index in [-0.39, 0.29) is 32.5 Å². The maximum atomic E-state index is 8.27. The van der Waals surface area contributed by atoms with Crippen LogP contribution in [0.15, 0.2) is 158 Å². The van der Waals surface area contributed by atoms with Gasteiger partial charge in [0, 0.05) is 34.1 Å². The number of halogens is 1. The molecule has 7 aromatic carbocycles. The molecule has 0 aromatic heterocycles. The van der Waals surface area contributed by atoms with Gasteiger partial charge in [-0.05, 0) is 151 Å². The van der Waals surface area contributed by atoms with Gasteiger partial charge in [-0.3, -0.25) is 0 Å². The van der Waals surface area contributed by atoms with Crippen LogP contribution < -0.4 is 14.7 Å². The van der Waals surface area contributed by atoms with Crippen LogP contribution in [0.5, 0.6) is 0 Å². The Morgan fingerprint density at radius 1 is 0.243 bits per heavy atom. The van der Waals surface area contributed by atoms with E-state index in [2.05, 4.69) is 297 Å². The number of hydrogen-bond donors (Lipinski definition) is 0. The van der Waals surface area contributed by atoms with E-state index in [0.29, 0.717) is 5.02 Å². The van der Waals surface area contributed by atoms with Gasteiger partial charge in [-0.1, -0.05) is 209 Å². The summed E-state index contributed by atoms with van der Waals surface area (Å²) in [7, 11) is 0. The van der Waals surface area contributed by atoms with Crippen molar-refractivity contribution in [3.63, 3.8) is 0 Å². The van der Waals surface area contributed by atoms with E-state index in [1.807, 2.05) is 0 Å². The van der Waals surface area contributed by atoms with Crippen LogP contribution in [-0.2, 0) is 32.5 Å². The monoisotopic (exact) mass is 950 g/mol. The molecule has 0 aliphatic carbocycles. The molecule has 0 heterocycles. The Hall–Kier alpha value is -5.77. The van der Waals surface area contributed by atoms with Crippen LogP contribution in [0.4, 0.5) is 51.2 Å². The zero-order chi connectivity index (χ0) is 51.4. The van der Waals surface area contributed by atoms with Gasteiger partial charge in [-0.2, -0.15) is 0 Å². The summed E-state index contributed by atoms with van der Waals surface area (Å²) in [5.41, 5.74) is 16.3. The predicted molar refractivity (Wildman–Crippen MR) is 308 cm³/mol. The fourth-order valence-electron chi connectivity index (χ4n) is 9.00. The number of rotatable bonds is 9. The van der Waals surface area contributed by atoms with Crippen LogP contribution in [-0.4, -0.2) is 0 Å². The van der Waals surface area contributed by atoms with Gasteiger partial charge in [-0.25, -0.2) is 0 Å². The molecule has 0 fully saturated rings. The van der Waals surface area contributed by atoms with Gasteiger partial charge in [0.15, 0.2) is 0 Å². The third-order valence-electron chi connectivity index (χ3n) is 13.7. The van der Waals surface area contributed by atoms with E-state index in [9.17, 15) is 0 Å². The van der Waals surface area contributed by atoms with Gasteiger partial charge >= 0.3 is 0 Å². The highest BCUT2D eigenvalue weighted by Crippen LogP contribution is 2.52. The van der Waals surface area contributed by atoms with Crippen molar-refractivity contribution in [3.05, 3.63) is 196 Å². The molecule has 0 spiro atoms. The maximum Gasteiger partial charge on any atom is 0.0888 e. The van der Waals surface area contributed by atoms with Gasteiger partial charge < -0.3 is 14.7 Å². The van der Waals surface area contributed by atoms with E-state index in [1.54, 1.807) is 0 Å². The Labute approximate surface area is 428 Å². The Kier molecular flexibility index (Phi) is 14.2. The largest absolute Gasteiger partial charge is 0.310 e. The standard InChI is InChI=1S/C66H80ClN3/c1-61(2,3)45-25-33-51(34-26-45)68(52-35-27-46(28-36-52)62(4,5)6)57-43-58(69(53-37-29-47(30-38-53)63(7,8)9)55-23-19-21-49(41-55)65(13,14)15)60(67)59(44-57)70(54-39-31-48(32-40-54)64(10,11)12)56-24-20-22-50(42-56)66(16,17)18/h19-44H,1-18H3. The van der Waals surface area contributed by atoms with E-state index >= 15 is 0 Å². The van der Waals surface area contributed by atoms with Crippen LogP contribution in [0.2, 0.25) is 5.02 Å². The molecule has 0 bridgehead atoms. The minimum atomic E-state index is -0.0854. The van der Waals surface area contributed by atoms with Crippen molar-refractivity contribution in [1.29, 1.82) is 0 Å². The molecule has 0 N–H and O–H groups in total. The molecule has 70 heavy (non-hydrogen) atoms. The summed E-state index contributed by atoms with van der Waals surface area (Å²) in [6, 6.07) is 58.9. The molecule has 4 heteroatoms. The third kappa shape index (κ3) is 11.5. The first-order chi connectivity index (χ1) is 32.4. The maximum absolute atomic E-state index is 8.27. The first-order valence-electron chi connectivity index (χ1n) is 25.3. The first-order valence-corrected chi connectivity index (χ1v) is 25.7. The lowest BCUT2D eigenvalue weighted by Gasteiger charge is -2.35.